The van der Waals surface area contributed by atoms with Gasteiger partial charge in [0.1, 0.15) is 6.61 Å². The Bertz CT molecular complexity index is 583. The fourth-order valence-corrected chi connectivity index (χ4v) is 4.04. The topological polar surface area (TPSA) is 64.8 Å². The number of hydrogen-bond donors (Lipinski definition) is 1. The Hall–Kier alpha value is -1.46. The van der Waals surface area contributed by atoms with Gasteiger partial charge in [-0.15, -0.1) is 12.4 Å². The van der Waals surface area contributed by atoms with Crippen molar-refractivity contribution in [1.82, 2.24) is 4.90 Å². The number of hydrogen-bond acceptors (Lipinski definition) is 4. The van der Waals surface area contributed by atoms with E-state index in [1.807, 2.05) is 29.2 Å². The van der Waals surface area contributed by atoms with Gasteiger partial charge in [-0.1, -0.05) is 18.6 Å². The van der Waals surface area contributed by atoms with Crippen LogP contribution in [0.15, 0.2) is 24.3 Å². The third-order valence-electron chi connectivity index (χ3n) is 5.25. The van der Waals surface area contributed by atoms with Gasteiger partial charge in [-0.25, -0.2) is 0 Å². The molecule has 0 spiro atoms. The quantitative estimate of drug-likeness (QED) is 0.848. The van der Waals surface area contributed by atoms with Gasteiger partial charge < -0.3 is 20.1 Å². The molecule has 4 unspecified atom stereocenters. The number of para-hydroxylation sites is 2. The number of likely N-dealkylation sites (tertiary alicyclic amines) is 1. The fraction of sp³-hybridized carbons (Fsp3) is 0.588. The van der Waals surface area contributed by atoms with Gasteiger partial charge in [0.15, 0.2) is 11.5 Å². The molecule has 0 aromatic heterocycles. The van der Waals surface area contributed by atoms with Gasteiger partial charge in [0, 0.05) is 19.1 Å². The summed E-state index contributed by atoms with van der Waals surface area (Å²) in [5, 5.41) is 0. The predicted octanol–water partition coefficient (Wildman–Crippen LogP) is 1.83. The Balaban J connectivity index is 0.00000156. The van der Waals surface area contributed by atoms with E-state index in [-0.39, 0.29) is 31.0 Å². The molecule has 1 amide bonds. The second kappa shape index (κ2) is 6.57. The van der Waals surface area contributed by atoms with E-state index in [4.69, 9.17) is 15.2 Å². The zero-order valence-corrected chi connectivity index (χ0v) is 13.8. The van der Waals surface area contributed by atoms with Crippen LogP contribution < -0.4 is 15.2 Å². The van der Waals surface area contributed by atoms with E-state index in [0.29, 0.717) is 23.3 Å². The lowest BCUT2D eigenvalue weighted by molar-refractivity contribution is -0.140. The Morgan fingerprint density at radius 1 is 1.17 bits per heavy atom. The molecule has 1 saturated carbocycles. The summed E-state index contributed by atoms with van der Waals surface area (Å²) in [4.78, 5) is 14.7. The van der Waals surface area contributed by atoms with Crippen molar-refractivity contribution in [3.63, 3.8) is 0 Å². The summed E-state index contributed by atoms with van der Waals surface area (Å²) in [7, 11) is 0. The number of nitrogens with zero attached hydrogens (tertiary/aromatic N) is 1. The largest absolute Gasteiger partial charge is 0.485 e. The highest BCUT2D eigenvalue weighted by atomic mass is 35.5. The van der Waals surface area contributed by atoms with Gasteiger partial charge in [0.05, 0.1) is 0 Å². The van der Waals surface area contributed by atoms with E-state index in [2.05, 4.69) is 0 Å². The van der Waals surface area contributed by atoms with Crippen LogP contribution in [0.25, 0.3) is 0 Å². The molecule has 2 N–H and O–H groups in total. The fourth-order valence-electron chi connectivity index (χ4n) is 4.04. The number of carbonyl (C=O) groups excluding carboxylic acids is 1. The third kappa shape index (κ3) is 3.00. The van der Waals surface area contributed by atoms with Crippen molar-refractivity contribution in [3.8, 4) is 11.5 Å². The first-order chi connectivity index (χ1) is 10.7. The summed E-state index contributed by atoms with van der Waals surface area (Å²) in [5.41, 5.74) is 6.23. The van der Waals surface area contributed by atoms with E-state index < -0.39 is 6.10 Å². The molecule has 1 aromatic carbocycles. The van der Waals surface area contributed by atoms with Crippen molar-refractivity contribution in [2.45, 2.75) is 31.4 Å². The number of rotatable bonds is 1. The number of ether oxygens (including phenoxy) is 2. The molecule has 2 heterocycles. The first-order valence-corrected chi connectivity index (χ1v) is 8.15. The summed E-state index contributed by atoms with van der Waals surface area (Å²) >= 11 is 0. The standard InChI is InChI=1S/C17H22N2O3.ClH/c18-13-5-3-4-11-8-19(9-12(11)13)17(20)16-10-21-14-6-1-2-7-15(14)22-16;/h1-2,6-7,11-13,16H,3-5,8-10,18H2;1H. The monoisotopic (exact) mass is 338 g/mol. The zero-order valence-electron chi connectivity index (χ0n) is 13.0. The second-order valence-corrected chi connectivity index (χ2v) is 6.63. The van der Waals surface area contributed by atoms with Crippen molar-refractivity contribution < 1.29 is 14.3 Å². The molecule has 1 saturated heterocycles. The lowest BCUT2D eigenvalue weighted by Gasteiger charge is -2.29. The third-order valence-corrected chi connectivity index (χ3v) is 5.25. The lowest BCUT2D eigenvalue weighted by Crippen LogP contribution is -2.46. The molecule has 3 aliphatic rings. The van der Waals surface area contributed by atoms with Crippen LogP contribution in [-0.4, -0.2) is 42.6 Å². The summed E-state index contributed by atoms with van der Waals surface area (Å²) in [5.74, 6) is 2.42. The van der Waals surface area contributed by atoms with Gasteiger partial charge in [-0.2, -0.15) is 0 Å². The van der Waals surface area contributed by atoms with Crippen LogP contribution in [0.1, 0.15) is 19.3 Å². The molecule has 126 valence electrons. The molecule has 1 aliphatic carbocycles. The highest BCUT2D eigenvalue weighted by Gasteiger charge is 2.42. The highest BCUT2D eigenvalue weighted by molar-refractivity contribution is 5.85. The first kappa shape index (κ1) is 16.4. The molecular weight excluding hydrogens is 316 g/mol. The molecule has 0 bridgehead atoms. The minimum atomic E-state index is -0.536. The van der Waals surface area contributed by atoms with E-state index in [0.717, 1.165) is 19.5 Å². The molecule has 5 nitrogen and oxygen atoms in total. The van der Waals surface area contributed by atoms with E-state index >= 15 is 0 Å². The number of fused-ring (bicyclic) bond motifs is 2. The molecule has 23 heavy (non-hydrogen) atoms. The molecule has 1 aromatic rings. The summed E-state index contributed by atoms with van der Waals surface area (Å²) in [6.45, 7) is 1.87. The van der Waals surface area contributed by atoms with Crippen LogP contribution in [0.2, 0.25) is 0 Å². The van der Waals surface area contributed by atoms with Crippen LogP contribution in [0.5, 0.6) is 11.5 Å². The molecule has 4 atom stereocenters. The number of benzene rings is 1. The van der Waals surface area contributed by atoms with Gasteiger partial charge in [-0.05, 0) is 36.8 Å². The van der Waals surface area contributed by atoms with Gasteiger partial charge >= 0.3 is 0 Å². The second-order valence-electron chi connectivity index (χ2n) is 6.63. The summed E-state index contributed by atoms with van der Waals surface area (Å²) in [6, 6.07) is 7.73. The predicted molar refractivity (Wildman–Crippen MR) is 89.0 cm³/mol. The number of amides is 1. The van der Waals surface area contributed by atoms with E-state index in [1.54, 1.807) is 0 Å². The van der Waals surface area contributed by atoms with Crippen LogP contribution in [0.4, 0.5) is 0 Å². The highest BCUT2D eigenvalue weighted by Crippen LogP contribution is 2.37. The molecule has 2 fully saturated rings. The zero-order chi connectivity index (χ0) is 15.1. The Kier molecular flexibility index (Phi) is 4.69. The van der Waals surface area contributed by atoms with Crippen molar-refractivity contribution in [1.29, 1.82) is 0 Å². The first-order valence-electron chi connectivity index (χ1n) is 8.15. The maximum Gasteiger partial charge on any atom is 0.267 e. The van der Waals surface area contributed by atoms with Crippen LogP contribution in [0, 0.1) is 11.8 Å². The Morgan fingerprint density at radius 3 is 2.74 bits per heavy atom. The Labute approximate surface area is 142 Å². The maximum absolute atomic E-state index is 12.7. The normalized spacial score (nSPS) is 32.0. The molecule has 4 rings (SSSR count). The minimum absolute atomic E-state index is 0. The van der Waals surface area contributed by atoms with Gasteiger partial charge in [0.2, 0.25) is 6.10 Å². The Morgan fingerprint density at radius 2 is 1.96 bits per heavy atom. The smallest absolute Gasteiger partial charge is 0.267 e. The molecule has 6 heteroatoms. The average molecular weight is 339 g/mol. The number of nitrogens with two attached hydrogens (primary N) is 1. The molecular formula is C17H23ClN2O3. The van der Waals surface area contributed by atoms with Crippen LogP contribution in [0.3, 0.4) is 0 Å². The van der Waals surface area contributed by atoms with E-state index in [9.17, 15) is 4.79 Å². The van der Waals surface area contributed by atoms with Gasteiger partial charge in [0.25, 0.3) is 5.91 Å². The maximum atomic E-state index is 12.7. The van der Waals surface area contributed by atoms with Crippen molar-refractivity contribution in [2.24, 2.45) is 17.6 Å². The SMILES string of the molecule is Cl.NC1CCCC2CN(C(=O)C3COc4ccccc4O3)CC12. The van der Waals surface area contributed by atoms with Crippen molar-refractivity contribution in [2.75, 3.05) is 19.7 Å². The number of carbonyl (C=O) groups is 1. The lowest BCUT2D eigenvalue weighted by atomic mass is 9.78. The van der Waals surface area contributed by atoms with Crippen molar-refractivity contribution >= 4 is 18.3 Å². The van der Waals surface area contributed by atoms with Crippen molar-refractivity contribution in [3.05, 3.63) is 24.3 Å². The van der Waals surface area contributed by atoms with Crippen LogP contribution >= 0.6 is 12.4 Å². The summed E-state index contributed by atoms with van der Waals surface area (Å²) in [6.07, 6.45) is 2.92. The number of halogens is 1. The van der Waals surface area contributed by atoms with E-state index in [1.165, 1.54) is 12.8 Å². The van der Waals surface area contributed by atoms with Gasteiger partial charge in [-0.3, -0.25) is 4.79 Å². The van der Waals surface area contributed by atoms with Crippen LogP contribution in [-0.2, 0) is 4.79 Å². The molecule has 0 radical (unpaired) electrons. The summed E-state index contributed by atoms with van der Waals surface area (Å²) < 4.78 is 11.5. The minimum Gasteiger partial charge on any atom is -0.485 e. The molecule has 2 aliphatic heterocycles. The average Bonchev–Trinajstić information content (AvgIpc) is 2.99.